The van der Waals surface area contributed by atoms with Crippen LogP contribution in [0.4, 0.5) is 5.69 Å². The topological polar surface area (TPSA) is 64.9 Å². The zero-order valence-electron chi connectivity index (χ0n) is 12.4. The number of anilines is 1. The van der Waals surface area contributed by atoms with Crippen LogP contribution in [-0.4, -0.2) is 26.4 Å². The highest BCUT2D eigenvalue weighted by molar-refractivity contribution is 8.07. The van der Waals surface area contributed by atoms with Crippen LogP contribution in [-0.2, 0) is 0 Å². The fraction of sp³-hybridized carbons (Fsp3) is 0.467. The number of rotatable bonds is 2. The number of nitrogen functional groups attached to an aromatic ring is 1. The third kappa shape index (κ3) is 3.06. The van der Waals surface area contributed by atoms with Crippen LogP contribution in [0.15, 0.2) is 22.7 Å². The number of aryl methyl sites for hydroxylation is 1. The average molecular weight is 321 g/mol. The summed E-state index contributed by atoms with van der Waals surface area (Å²) in [5, 5.41) is 5.74. The molecule has 3 rings (SSSR count). The lowest BCUT2D eigenvalue weighted by Crippen LogP contribution is -2.22. The van der Waals surface area contributed by atoms with E-state index in [0.29, 0.717) is 27.3 Å². The van der Waals surface area contributed by atoms with E-state index in [1.807, 2.05) is 48.6 Å². The highest BCUT2D eigenvalue weighted by atomic mass is 32.2. The SMILES string of the molecule is Cc1ccc(N)c(-c2nc(C3CSC(C)C(C)S3)no2)c1. The lowest BCUT2D eigenvalue weighted by molar-refractivity contribution is 0.423. The number of nitrogens with zero attached hydrogens (tertiary/aromatic N) is 2. The molecule has 1 aromatic heterocycles. The summed E-state index contributed by atoms with van der Waals surface area (Å²) in [7, 11) is 0. The van der Waals surface area contributed by atoms with Crippen LogP contribution in [0, 0.1) is 6.92 Å². The van der Waals surface area contributed by atoms with Crippen molar-refractivity contribution in [3.8, 4) is 11.5 Å². The maximum Gasteiger partial charge on any atom is 0.260 e. The van der Waals surface area contributed by atoms with Gasteiger partial charge in [-0.1, -0.05) is 30.6 Å². The Balaban J connectivity index is 1.85. The van der Waals surface area contributed by atoms with Crippen molar-refractivity contribution in [3.63, 3.8) is 0 Å². The molecule has 21 heavy (non-hydrogen) atoms. The molecule has 6 heteroatoms. The summed E-state index contributed by atoms with van der Waals surface area (Å²) in [6.07, 6.45) is 0. The maximum absolute atomic E-state index is 6.01. The van der Waals surface area contributed by atoms with Crippen LogP contribution in [0.3, 0.4) is 0 Å². The van der Waals surface area contributed by atoms with Crippen LogP contribution >= 0.6 is 23.5 Å². The normalized spacial score (nSPS) is 26.0. The van der Waals surface area contributed by atoms with E-state index in [1.165, 1.54) is 0 Å². The Morgan fingerprint density at radius 1 is 1.29 bits per heavy atom. The fourth-order valence-electron chi connectivity index (χ4n) is 2.25. The summed E-state index contributed by atoms with van der Waals surface area (Å²) in [5.74, 6) is 2.32. The Bertz CT molecular complexity index is 644. The molecule has 1 aliphatic heterocycles. The second-order valence-corrected chi connectivity index (χ2v) is 8.41. The van der Waals surface area contributed by atoms with Gasteiger partial charge in [-0.3, -0.25) is 0 Å². The predicted octanol–water partition coefficient (Wildman–Crippen LogP) is 3.93. The van der Waals surface area contributed by atoms with Crippen molar-refractivity contribution < 1.29 is 4.52 Å². The summed E-state index contributed by atoms with van der Waals surface area (Å²) in [5.41, 5.74) is 8.63. The minimum Gasteiger partial charge on any atom is -0.398 e. The first-order valence-corrected chi connectivity index (χ1v) is 9.01. The van der Waals surface area contributed by atoms with Gasteiger partial charge in [0.15, 0.2) is 5.82 Å². The molecule has 1 aliphatic rings. The van der Waals surface area contributed by atoms with E-state index in [1.54, 1.807) is 0 Å². The average Bonchev–Trinajstić information content (AvgIpc) is 2.94. The monoisotopic (exact) mass is 321 g/mol. The van der Waals surface area contributed by atoms with Gasteiger partial charge in [0.1, 0.15) is 0 Å². The van der Waals surface area contributed by atoms with Gasteiger partial charge in [0.05, 0.1) is 10.8 Å². The quantitative estimate of drug-likeness (QED) is 0.846. The van der Waals surface area contributed by atoms with Crippen LogP contribution in [0.5, 0.6) is 0 Å². The van der Waals surface area contributed by atoms with E-state index in [9.17, 15) is 0 Å². The molecule has 2 aromatic rings. The van der Waals surface area contributed by atoms with Gasteiger partial charge in [-0.2, -0.15) is 16.7 Å². The lowest BCUT2D eigenvalue weighted by atomic mass is 10.1. The van der Waals surface area contributed by atoms with Gasteiger partial charge in [-0.15, -0.1) is 11.8 Å². The Morgan fingerprint density at radius 2 is 2.10 bits per heavy atom. The van der Waals surface area contributed by atoms with Crippen molar-refractivity contribution >= 4 is 29.2 Å². The molecule has 3 atom stereocenters. The molecule has 0 amide bonds. The molecule has 4 nitrogen and oxygen atoms in total. The molecular weight excluding hydrogens is 302 g/mol. The molecular formula is C15H19N3OS2. The molecule has 0 radical (unpaired) electrons. The standard InChI is InChI=1S/C15H19N3OS2/c1-8-4-5-12(16)11(6-8)15-17-14(18-19-15)13-7-20-9(2)10(3)21-13/h4-6,9-10,13H,7,16H2,1-3H3. The summed E-state index contributed by atoms with van der Waals surface area (Å²) < 4.78 is 5.44. The van der Waals surface area contributed by atoms with Crippen molar-refractivity contribution in [1.29, 1.82) is 0 Å². The first-order chi connectivity index (χ1) is 10.0. The van der Waals surface area contributed by atoms with Crippen molar-refractivity contribution in [2.45, 2.75) is 36.5 Å². The zero-order chi connectivity index (χ0) is 15.0. The molecule has 1 aromatic carbocycles. The van der Waals surface area contributed by atoms with Crippen molar-refractivity contribution in [1.82, 2.24) is 10.1 Å². The Labute approximate surface area is 133 Å². The molecule has 2 N–H and O–H groups in total. The van der Waals surface area contributed by atoms with Gasteiger partial charge in [0.25, 0.3) is 5.89 Å². The fourth-order valence-corrected chi connectivity index (χ4v) is 5.08. The molecule has 0 spiro atoms. The van der Waals surface area contributed by atoms with Crippen LogP contribution in [0.25, 0.3) is 11.5 Å². The summed E-state index contributed by atoms with van der Waals surface area (Å²) in [6.45, 7) is 6.55. The van der Waals surface area contributed by atoms with E-state index in [-0.39, 0.29) is 0 Å². The Hall–Kier alpha value is -1.14. The van der Waals surface area contributed by atoms with Gasteiger partial charge in [0.2, 0.25) is 0 Å². The smallest absolute Gasteiger partial charge is 0.260 e. The Morgan fingerprint density at radius 3 is 2.86 bits per heavy atom. The van der Waals surface area contributed by atoms with E-state index < -0.39 is 0 Å². The number of benzene rings is 1. The zero-order valence-corrected chi connectivity index (χ0v) is 14.0. The Kier molecular flexibility index (Phi) is 4.17. The second kappa shape index (κ2) is 5.93. The number of thioether (sulfide) groups is 2. The number of hydrogen-bond donors (Lipinski definition) is 1. The summed E-state index contributed by atoms with van der Waals surface area (Å²) in [6, 6.07) is 5.84. The number of nitrogens with two attached hydrogens (primary N) is 1. The van der Waals surface area contributed by atoms with Crippen molar-refractivity contribution in [2.24, 2.45) is 0 Å². The van der Waals surface area contributed by atoms with Crippen LogP contribution in [0.2, 0.25) is 0 Å². The van der Waals surface area contributed by atoms with Gasteiger partial charge < -0.3 is 10.3 Å². The first kappa shape index (κ1) is 14.8. The molecule has 1 saturated heterocycles. The highest BCUT2D eigenvalue weighted by Crippen LogP contribution is 2.43. The van der Waals surface area contributed by atoms with Gasteiger partial charge >= 0.3 is 0 Å². The number of aromatic nitrogens is 2. The predicted molar refractivity (Wildman–Crippen MR) is 90.6 cm³/mol. The molecule has 1 fully saturated rings. The third-order valence-corrected chi connectivity index (χ3v) is 7.11. The van der Waals surface area contributed by atoms with Gasteiger partial charge in [-0.05, 0) is 19.1 Å². The largest absolute Gasteiger partial charge is 0.398 e. The van der Waals surface area contributed by atoms with E-state index in [4.69, 9.17) is 10.3 Å². The summed E-state index contributed by atoms with van der Waals surface area (Å²) in [4.78, 5) is 4.57. The van der Waals surface area contributed by atoms with E-state index >= 15 is 0 Å². The molecule has 0 saturated carbocycles. The van der Waals surface area contributed by atoms with E-state index in [2.05, 4.69) is 24.0 Å². The molecule has 0 aliphatic carbocycles. The molecule has 0 bridgehead atoms. The minimum atomic E-state index is 0.296. The van der Waals surface area contributed by atoms with Crippen LogP contribution in [0.1, 0.15) is 30.5 Å². The third-order valence-electron chi connectivity index (χ3n) is 3.72. The molecule has 3 unspecified atom stereocenters. The van der Waals surface area contributed by atoms with E-state index in [0.717, 1.165) is 22.7 Å². The van der Waals surface area contributed by atoms with Crippen LogP contribution < -0.4 is 5.73 Å². The molecule has 2 heterocycles. The second-order valence-electron chi connectivity index (χ2n) is 5.42. The number of hydrogen-bond acceptors (Lipinski definition) is 6. The minimum absolute atomic E-state index is 0.296. The van der Waals surface area contributed by atoms with Gasteiger partial charge in [-0.25, -0.2) is 0 Å². The summed E-state index contributed by atoms with van der Waals surface area (Å²) >= 11 is 3.90. The maximum atomic E-state index is 6.01. The van der Waals surface area contributed by atoms with Crippen molar-refractivity contribution in [2.75, 3.05) is 11.5 Å². The first-order valence-electron chi connectivity index (χ1n) is 7.01. The highest BCUT2D eigenvalue weighted by Gasteiger charge is 2.30. The lowest BCUT2D eigenvalue weighted by Gasteiger charge is -2.29. The van der Waals surface area contributed by atoms with Gasteiger partial charge in [0, 0.05) is 21.9 Å². The molecule has 112 valence electrons. The van der Waals surface area contributed by atoms with Crippen molar-refractivity contribution in [3.05, 3.63) is 29.6 Å².